The molecule has 2 aromatic heterocycles. The molecule has 1 aromatic carbocycles. The van der Waals surface area contributed by atoms with Crippen LogP contribution in [-0.2, 0) is 28.7 Å². The van der Waals surface area contributed by atoms with Crippen LogP contribution in [-0.4, -0.2) is 62.2 Å². The molecule has 8 nitrogen and oxygen atoms in total. The van der Waals surface area contributed by atoms with Gasteiger partial charge in [-0.25, -0.2) is 18.5 Å². The van der Waals surface area contributed by atoms with Gasteiger partial charge in [0.05, 0.1) is 28.6 Å². The zero-order valence-electron chi connectivity index (χ0n) is 18.5. The van der Waals surface area contributed by atoms with Crippen molar-refractivity contribution < 1.29 is 13.7 Å². The number of aromatic nitrogens is 3. The maximum Gasteiger partial charge on any atom is 0.152 e. The van der Waals surface area contributed by atoms with Crippen molar-refractivity contribution in [2.24, 2.45) is 0 Å². The van der Waals surface area contributed by atoms with Crippen LogP contribution in [0.25, 0.3) is 21.9 Å². The van der Waals surface area contributed by atoms with Gasteiger partial charge in [0.15, 0.2) is 5.82 Å². The van der Waals surface area contributed by atoms with Gasteiger partial charge in [-0.15, -0.1) is 0 Å². The summed E-state index contributed by atoms with van der Waals surface area (Å²) in [6.45, 7) is 5.20. The smallest absolute Gasteiger partial charge is 0.152 e. The summed E-state index contributed by atoms with van der Waals surface area (Å²) in [5.74, 6) is 2.20. The van der Waals surface area contributed by atoms with E-state index in [2.05, 4.69) is 22.5 Å². The highest BCUT2D eigenvalue weighted by atomic mass is 32.2. The van der Waals surface area contributed by atoms with Gasteiger partial charge in [-0.3, -0.25) is 0 Å². The van der Waals surface area contributed by atoms with Gasteiger partial charge in [-0.1, -0.05) is 6.92 Å². The van der Waals surface area contributed by atoms with Gasteiger partial charge in [0.1, 0.15) is 23.2 Å². The van der Waals surface area contributed by atoms with Crippen molar-refractivity contribution >= 4 is 38.7 Å². The molecule has 1 saturated heterocycles. The largest absolute Gasteiger partial charge is 0.490 e. The Bertz CT molecular complexity index is 1090. The van der Waals surface area contributed by atoms with Crippen LogP contribution in [0, 0.1) is 0 Å². The monoisotopic (exact) mass is 445 g/mol. The van der Waals surface area contributed by atoms with Gasteiger partial charge in [-0.05, 0) is 31.4 Å². The molecule has 168 valence electrons. The molecule has 3 heterocycles. The topological polar surface area (TPSA) is 95.5 Å². The number of aryl methyl sites for hydroxylation is 1. The van der Waals surface area contributed by atoms with E-state index >= 15 is 0 Å². The summed E-state index contributed by atoms with van der Waals surface area (Å²) in [4.78, 5) is 9.42. The quantitative estimate of drug-likeness (QED) is 0.573. The number of pyridine rings is 1. The van der Waals surface area contributed by atoms with E-state index in [0.717, 1.165) is 78.8 Å². The lowest BCUT2D eigenvalue weighted by atomic mass is 10.1. The van der Waals surface area contributed by atoms with E-state index in [9.17, 15) is 4.21 Å². The Kier molecular flexibility index (Phi) is 6.74. The Morgan fingerprint density at radius 3 is 2.71 bits per heavy atom. The maximum atomic E-state index is 11.6. The minimum absolute atomic E-state index is 0.115. The summed E-state index contributed by atoms with van der Waals surface area (Å²) >= 11 is 0. The number of nitrogen functional groups attached to an aromatic ring is 1. The Balaban J connectivity index is 1.66. The summed E-state index contributed by atoms with van der Waals surface area (Å²) < 4.78 is 27.4. The number of hydrogen-bond acceptors (Lipinski definition) is 6. The number of methoxy groups -OCH3 is 1. The third-order valence-corrected chi connectivity index (χ3v) is 6.89. The predicted molar refractivity (Wildman–Crippen MR) is 125 cm³/mol. The van der Waals surface area contributed by atoms with Crippen LogP contribution < -0.4 is 10.5 Å². The maximum absolute atomic E-state index is 11.6. The molecule has 3 aromatic rings. The van der Waals surface area contributed by atoms with Gasteiger partial charge >= 0.3 is 0 Å². The molecule has 0 bridgehead atoms. The summed E-state index contributed by atoms with van der Waals surface area (Å²) in [5, 5.41) is 1.03. The van der Waals surface area contributed by atoms with Crippen LogP contribution in [0.1, 0.15) is 32.0 Å². The standard InChI is InChI=1S/C22H31N5O3S/c1-4-10-27-19(9-13-29-2)25-20-21(27)17-6-5-16(14-18(17)24-22(20)23)30-15-7-11-26(12-8-15)31(3)28/h5-6,14-15H,4,7-13H2,1-3H3,(H2,23,24). The van der Waals surface area contributed by atoms with Gasteiger partial charge in [0.2, 0.25) is 0 Å². The molecule has 1 fully saturated rings. The van der Waals surface area contributed by atoms with Crippen LogP contribution in [0.15, 0.2) is 18.2 Å². The predicted octanol–water partition coefficient (Wildman–Crippen LogP) is 2.90. The summed E-state index contributed by atoms with van der Waals surface area (Å²) in [6, 6.07) is 6.03. The number of ether oxygens (including phenoxy) is 2. The average molecular weight is 446 g/mol. The number of piperidine rings is 1. The summed E-state index contributed by atoms with van der Waals surface area (Å²) in [6.07, 6.45) is 5.29. The number of nitrogens with zero attached hydrogens (tertiary/aromatic N) is 4. The SMILES string of the molecule is CCCn1c(CCOC)nc2c(N)nc3cc(OC4CCN(S(C)=O)CC4)ccc3c21. The molecule has 1 aliphatic rings. The molecule has 0 amide bonds. The molecule has 0 saturated carbocycles. The first kappa shape index (κ1) is 22.0. The summed E-state index contributed by atoms with van der Waals surface area (Å²) in [5.41, 5.74) is 8.90. The average Bonchev–Trinajstić information content (AvgIpc) is 3.12. The van der Waals surface area contributed by atoms with Crippen LogP contribution in [0.2, 0.25) is 0 Å². The molecular weight excluding hydrogens is 414 g/mol. The van der Waals surface area contributed by atoms with Crippen molar-refractivity contribution in [3.05, 3.63) is 24.0 Å². The van der Waals surface area contributed by atoms with Crippen molar-refractivity contribution in [2.75, 3.05) is 38.8 Å². The van der Waals surface area contributed by atoms with Gasteiger partial charge < -0.3 is 19.8 Å². The lowest BCUT2D eigenvalue weighted by molar-refractivity contribution is 0.137. The van der Waals surface area contributed by atoms with Crippen LogP contribution >= 0.6 is 0 Å². The summed E-state index contributed by atoms with van der Waals surface area (Å²) in [7, 11) is 0.785. The van der Waals surface area contributed by atoms with Crippen LogP contribution in [0.4, 0.5) is 5.82 Å². The highest BCUT2D eigenvalue weighted by molar-refractivity contribution is 7.81. The number of nitrogens with two attached hydrogens (primary N) is 1. The van der Waals surface area contributed by atoms with E-state index in [1.807, 2.05) is 16.4 Å². The highest BCUT2D eigenvalue weighted by Crippen LogP contribution is 2.32. The van der Waals surface area contributed by atoms with Crippen molar-refractivity contribution in [3.8, 4) is 5.75 Å². The highest BCUT2D eigenvalue weighted by Gasteiger charge is 2.23. The number of fused-ring (bicyclic) bond motifs is 3. The van der Waals surface area contributed by atoms with Gasteiger partial charge in [0, 0.05) is 50.9 Å². The first-order chi connectivity index (χ1) is 15.0. The normalized spacial score (nSPS) is 16.9. The van der Waals surface area contributed by atoms with E-state index < -0.39 is 11.0 Å². The Morgan fingerprint density at radius 1 is 1.26 bits per heavy atom. The zero-order chi connectivity index (χ0) is 22.0. The third kappa shape index (κ3) is 4.53. The number of benzene rings is 1. The van der Waals surface area contributed by atoms with Crippen LogP contribution in [0.3, 0.4) is 0 Å². The van der Waals surface area contributed by atoms with Crippen LogP contribution in [0.5, 0.6) is 5.75 Å². The molecule has 1 atom stereocenters. The van der Waals surface area contributed by atoms with E-state index in [4.69, 9.17) is 20.2 Å². The number of rotatable bonds is 8. The number of anilines is 1. The number of imidazole rings is 1. The van der Waals surface area contributed by atoms with Gasteiger partial charge in [-0.2, -0.15) is 0 Å². The fourth-order valence-electron chi connectivity index (χ4n) is 4.26. The van der Waals surface area contributed by atoms with Crippen molar-refractivity contribution in [1.29, 1.82) is 0 Å². The first-order valence-corrected chi connectivity index (χ1v) is 12.4. The Morgan fingerprint density at radius 2 is 2.03 bits per heavy atom. The fourth-order valence-corrected chi connectivity index (χ4v) is 4.98. The lowest BCUT2D eigenvalue weighted by Crippen LogP contribution is -2.38. The second-order valence-electron chi connectivity index (χ2n) is 7.97. The molecule has 2 N–H and O–H groups in total. The molecule has 1 unspecified atom stereocenters. The van der Waals surface area contributed by atoms with E-state index in [1.165, 1.54) is 0 Å². The molecule has 4 rings (SSSR count). The van der Waals surface area contributed by atoms with Crippen molar-refractivity contribution in [2.45, 2.75) is 45.3 Å². The van der Waals surface area contributed by atoms with Crippen molar-refractivity contribution in [3.63, 3.8) is 0 Å². The second kappa shape index (κ2) is 9.50. The molecule has 1 aliphatic heterocycles. The van der Waals surface area contributed by atoms with E-state index in [-0.39, 0.29) is 6.10 Å². The lowest BCUT2D eigenvalue weighted by Gasteiger charge is -2.30. The van der Waals surface area contributed by atoms with E-state index in [1.54, 1.807) is 13.4 Å². The minimum Gasteiger partial charge on any atom is -0.490 e. The second-order valence-corrected chi connectivity index (χ2v) is 9.33. The number of hydrogen-bond donors (Lipinski definition) is 1. The molecular formula is C22H31N5O3S. The molecule has 0 radical (unpaired) electrons. The van der Waals surface area contributed by atoms with E-state index in [0.29, 0.717) is 12.4 Å². The Hall–Kier alpha value is -2.23. The van der Waals surface area contributed by atoms with Gasteiger partial charge in [0.25, 0.3) is 0 Å². The molecule has 0 aliphatic carbocycles. The zero-order valence-corrected chi connectivity index (χ0v) is 19.3. The Labute approximate surface area is 185 Å². The minimum atomic E-state index is -0.915. The fraction of sp³-hybridized carbons (Fsp3) is 0.545. The molecule has 9 heteroatoms. The third-order valence-electron chi connectivity index (χ3n) is 5.80. The first-order valence-electron chi connectivity index (χ1n) is 10.8. The molecule has 31 heavy (non-hydrogen) atoms. The van der Waals surface area contributed by atoms with Crippen molar-refractivity contribution in [1.82, 2.24) is 18.8 Å². The molecule has 0 spiro atoms.